The van der Waals surface area contributed by atoms with Crippen molar-refractivity contribution in [3.63, 3.8) is 0 Å². The van der Waals surface area contributed by atoms with Gasteiger partial charge in [-0.05, 0) is 30.5 Å². The SMILES string of the molecule is CN=C(NCc1ccc(-n2ccnc2C)c(F)c1)NCC(C(C)C)N1CCOCC1. The van der Waals surface area contributed by atoms with Crippen LogP contribution in [0.4, 0.5) is 4.39 Å². The van der Waals surface area contributed by atoms with Crippen LogP contribution in [0.2, 0.25) is 0 Å². The lowest BCUT2D eigenvalue weighted by Crippen LogP contribution is -2.52. The van der Waals surface area contributed by atoms with E-state index in [-0.39, 0.29) is 5.82 Å². The molecule has 1 aromatic carbocycles. The van der Waals surface area contributed by atoms with Gasteiger partial charge in [-0.3, -0.25) is 9.89 Å². The van der Waals surface area contributed by atoms with Crippen LogP contribution >= 0.6 is 0 Å². The summed E-state index contributed by atoms with van der Waals surface area (Å²) in [5.41, 5.74) is 1.35. The average Bonchev–Trinajstić information content (AvgIpc) is 3.16. The summed E-state index contributed by atoms with van der Waals surface area (Å²) >= 11 is 0. The molecule has 1 fully saturated rings. The van der Waals surface area contributed by atoms with E-state index in [0.29, 0.717) is 30.2 Å². The Morgan fingerprint density at radius 1 is 1.27 bits per heavy atom. The average molecular weight is 417 g/mol. The third kappa shape index (κ3) is 5.58. The van der Waals surface area contributed by atoms with Crippen molar-refractivity contribution in [3.8, 4) is 5.69 Å². The Morgan fingerprint density at radius 3 is 2.63 bits per heavy atom. The number of guanidine groups is 1. The van der Waals surface area contributed by atoms with E-state index in [2.05, 4.69) is 39.4 Å². The van der Waals surface area contributed by atoms with Gasteiger partial charge in [-0.1, -0.05) is 19.9 Å². The molecule has 0 bridgehead atoms. The lowest BCUT2D eigenvalue weighted by atomic mass is 10.0. The minimum atomic E-state index is -0.273. The molecule has 1 saturated heterocycles. The van der Waals surface area contributed by atoms with Crippen LogP contribution in [0, 0.1) is 18.7 Å². The van der Waals surface area contributed by atoms with Crippen LogP contribution in [0.25, 0.3) is 5.69 Å². The molecule has 0 aliphatic carbocycles. The summed E-state index contributed by atoms with van der Waals surface area (Å²) < 4.78 is 21.8. The fourth-order valence-electron chi connectivity index (χ4n) is 3.79. The molecule has 1 unspecified atom stereocenters. The van der Waals surface area contributed by atoms with Gasteiger partial charge < -0.3 is 19.9 Å². The molecule has 0 spiro atoms. The molecule has 0 radical (unpaired) electrons. The van der Waals surface area contributed by atoms with Gasteiger partial charge >= 0.3 is 0 Å². The van der Waals surface area contributed by atoms with E-state index in [1.165, 1.54) is 0 Å². The highest BCUT2D eigenvalue weighted by Crippen LogP contribution is 2.17. The molecule has 0 saturated carbocycles. The number of aliphatic imine (C=N–C) groups is 1. The number of ether oxygens (including phenoxy) is 1. The van der Waals surface area contributed by atoms with Gasteiger partial charge in [0.25, 0.3) is 0 Å². The zero-order valence-electron chi connectivity index (χ0n) is 18.4. The summed E-state index contributed by atoms with van der Waals surface area (Å²) in [4.78, 5) is 10.9. The zero-order chi connectivity index (χ0) is 21.5. The van der Waals surface area contributed by atoms with Crippen molar-refractivity contribution < 1.29 is 9.13 Å². The Kier molecular flexibility index (Phi) is 7.81. The van der Waals surface area contributed by atoms with Gasteiger partial charge in [0.05, 0.1) is 18.9 Å². The van der Waals surface area contributed by atoms with E-state index in [9.17, 15) is 4.39 Å². The van der Waals surface area contributed by atoms with Crippen molar-refractivity contribution in [2.24, 2.45) is 10.9 Å². The van der Waals surface area contributed by atoms with Crippen molar-refractivity contribution in [3.05, 3.63) is 47.8 Å². The van der Waals surface area contributed by atoms with Gasteiger partial charge in [-0.15, -0.1) is 0 Å². The van der Waals surface area contributed by atoms with Crippen LogP contribution in [-0.2, 0) is 11.3 Å². The molecule has 1 aromatic heterocycles. The standard InChI is InChI=1S/C22H33FN6O/c1-16(2)21(28-9-11-30-12-10-28)15-27-22(24-4)26-14-18-5-6-20(19(23)13-18)29-8-7-25-17(29)3/h5-8,13,16,21H,9-12,14-15H2,1-4H3,(H2,24,26,27). The van der Waals surface area contributed by atoms with Crippen LogP contribution in [0.3, 0.4) is 0 Å². The van der Waals surface area contributed by atoms with Crippen LogP contribution in [0.15, 0.2) is 35.6 Å². The van der Waals surface area contributed by atoms with Gasteiger partial charge in [0, 0.05) is 51.7 Å². The molecule has 0 amide bonds. The Balaban J connectivity index is 1.56. The zero-order valence-corrected chi connectivity index (χ0v) is 18.4. The highest BCUT2D eigenvalue weighted by atomic mass is 19.1. The topological polar surface area (TPSA) is 66.7 Å². The first-order chi connectivity index (χ1) is 14.5. The minimum absolute atomic E-state index is 0.273. The van der Waals surface area contributed by atoms with Gasteiger partial charge in [-0.25, -0.2) is 9.37 Å². The minimum Gasteiger partial charge on any atom is -0.379 e. The number of rotatable bonds is 7. The molecule has 1 atom stereocenters. The number of imidazole rings is 1. The number of halogens is 1. The van der Waals surface area contributed by atoms with E-state index in [4.69, 9.17) is 4.74 Å². The predicted molar refractivity (Wildman–Crippen MR) is 117 cm³/mol. The molecule has 8 heteroatoms. The lowest BCUT2D eigenvalue weighted by molar-refractivity contribution is 0.00752. The highest BCUT2D eigenvalue weighted by Gasteiger charge is 2.23. The highest BCUT2D eigenvalue weighted by molar-refractivity contribution is 5.79. The monoisotopic (exact) mass is 416 g/mol. The van der Waals surface area contributed by atoms with Crippen molar-refractivity contribution >= 4 is 5.96 Å². The normalized spacial score (nSPS) is 16.7. The number of morpholine rings is 1. The summed E-state index contributed by atoms with van der Waals surface area (Å²) in [6.45, 7) is 11.1. The van der Waals surface area contributed by atoms with E-state index >= 15 is 0 Å². The number of hydrogen-bond acceptors (Lipinski definition) is 4. The molecular weight excluding hydrogens is 383 g/mol. The number of nitrogens with zero attached hydrogens (tertiary/aromatic N) is 4. The predicted octanol–water partition coefficient (Wildman–Crippen LogP) is 2.34. The first-order valence-electron chi connectivity index (χ1n) is 10.5. The van der Waals surface area contributed by atoms with Gasteiger partial charge in [0.1, 0.15) is 11.6 Å². The molecule has 2 N–H and O–H groups in total. The Bertz CT molecular complexity index is 844. The maximum absolute atomic E-state index is 14.6. The maximum Gasteiger partial charge on any atom is 0.191 e. The Hall–Kier alpha value is -2.45. The summed E-state index contributed by atoms with van der Waals surface area (Å²) in [6, 6.07) is 5.66. The van der Waals surface area contributed by atoms with E-state index < -0.39 is 0 Å². The van der Waals surface area contributed by atoms with Crippen molar-refractivity contribution in [2.75, 3.05) is 39.9 Å². The van der Waals surface area contributed by atoms with E-state index in [0.717, 1.165) is 44.2 Å². The fourth-order valence-corrected chi connectivity index (χ4v) is 3.79. The second kappa shape index (κ2) is 10.5. The number of aryl methyl sites for hydroxylation is 1. The largest absolute Gasteiger partial charge is 0.379 e. The second-order valence-corrected chi connectivity index (χ2v) is 7.90. The van der Waals surface area contributed by atoms with Gasteiger partial charge in [-0.2, -0.15) is 0 Å². The second-order valence-electron chi connectivity index (χ2n) is 7.90. The maximum atomic E-state index is 14.6. The summed E-state index contributed by atoms with van der Waals surface area (Å²) in [5, 5.41) is 6.71. The van der Waals surface area contributed by atoms with Crippen molar-refractivity contribution in [1.82, 2.24) is 25.1 Å². The number of aromatic nitrogens is 2. The number of hydrogen-bond donors (Lipinski definition) is 2. The third-order valence-electron chi connectivity index (χ3n) is 5.54. The van der Waals surface area contributed by atoms with Crippen molar-refractivity contribution in [1.29, 1.82) is 0 Å². The molecule has 1 aliphatic heterocycles. The molecule has 1 aliphatic rings. The molecule has 7 nitrogen and oxygen atoms in total. The molecule has 2 aromatic rings. The summed E-state index contributed by atoms with van der Waals surface area (Å²) in [6.07, 6.45) is 3.43. The molecule has 2 heterocycles. The number of nitrogens with one attached hydrogen (secondary N) is 2. The van der Waals surface area contributed by atoms with Crippen LogP contribution in [0.1, 0.15) is 25.2 Å². The summed E-state index contributed by atoms with van der Waals surface area (Å²) in [5.74, 6) is 1.71. The smallest absolute Gasteiger partial charge is 0.191 e. The molecular formula is C22H33FN6O. The summed E-state index contributed by atoms with van der Waals surface area (Å²) in [7, 11) is 1.75. The Morgan fingerprint density at radius 2 is 2.03 bits per heavy atom. The van der Waals surface area contributed by atoms with Gasteiger partial charge in [0.15, 0.2) is 5.96 Å². The number of benzene rings is 1. The van der Waals surface area contributed by atoms with E-state index in [1.807, 2.05) is 13.0 Å². The van der Waals surface area contributed by atoms with Crippen LogP contribution in [0.5, 0.6) is 0 Å². The lowest BCUT2D eigenvalue weighted by Gasteiger charge is -2.37. The Labute approximate surface area is 178 Å². The molecule has 164 valence electrons. The van der Waals surface area contributed by atoms with Crippen LogP contribution in [-0.4, -0.2) is 66.3 Å². The first kappa shape index (κ1) is 22.2. The molecule has 30 heavy (non-hydrogen) atoms. The van der Waals surface area contributed by atoms with E-state index in [1.54, 1.807) is 36.1 Å². The van der Waals surface area contributed by atoms with Crippen molar-refractivity contribution in [2.45, 2.75) is 33.4 Å². The first-order valence-corrected chi connectivity index (χ1v) is 10.5. The third-order valence-corrected chi connectivity index (χ3v) is 5.54. The molecule has 3 rings (SSSR count). The quantitative estimate of drug-likeness (QED) is 0.536. The van der Waals surface area contributed by atoms with Crippen LogP contribution < -0.4 is 10.6 Å². The fraction of sp³-hybridized carbons (Fsp3) is 0.545. The van der Waals surface area contributed by atoms with Gasteiger partial charge in [0.2, 0.25) is 0 Å².